The van der Waals surface area contributed by atoms with Crippen molar-refractivity contribution >= 4 is 8.41 Å². The second-order valence-electron chi connectivity index (χ2n) is 5.70. The fourth-order valence-corrected chi connectivity index (χ4v) is 0.841. The molecule has 0 aliphatic carbocycles. The molecule has 0 saturated carbocycles. The molecule has 3 heteroatoms. The first-order chi connectivity index (χ1) is 9.79. The average molecular weight is 305 g/mol. The monoisotopic (exact) mass is 305 g/mol. The van der Waals surface area contributed by atoms with Gasteiger partial charge in [-0.2, -0.15) is 0 Å². The largest absolute Gasteiger partial charge is 0.357 e. The number of aromatic nitrogens is 2. The van der Waals surface area contributed by atoms with Crippen molar-refractivity contribution in [1.29, 1.82) is 0 Å². The molecule has 2 heterocycles. The van der Waals surface area contributed by atoms with Gasteiger partial charge >= 0.3 is 0 Å². The zero-order chi connectivity index (χ0) is 17.3. The Labute approximate surface area is 142 Å². The Balaban J connectivity index is -0.0000000977. The lowest BCUT2D eigenvalue weighted by Crippen LogP contribution is -1.93. The average Bonchev–Trinajstić information content (AvgIpc) is 3.07. The van der Waals surface area contributed by atoms with Gasteiger partial charge in [0.15, 0.2) is 0 Å². The van der Waals surface area contributed by atoms with Gasteiger partial charge in [0.2, 0.25) is 0 Å². The molecule has 0 saturated heterocycles. The molecule has 3 radical (unpaired) electrons. The van der Waals surface area contributed by atoms with Gasteiger partial charge in [-0.25, -0.2) is 0 Å². The Kier molecular flexibility index (Phi) is 25.6. The summed E-state index contributed by atoms with van der Waals surface area (Å²) in [6.45, 7) is 16.8. The molecule has 0 spiro atoms. The van der Waals surface area contributed by atoms with Crippen LogP contribution in [0.25, 0.3) is 0 Å². The third kappa shape index (κ3) is 36.3. The van der Waals surface area contributed by atoms with Gasteiger partial charge in [-0.3, -0.25) is 0 Å². The van der Waals surface area contributed by atoms with E-state index in [0.717, 1.165) is 0 Å². The van der Waals surface area contributed by atoms with Crippen LogP contribution in [0, 0.1) is 5.41 Å². The highest BCUT2D eigenvalue weighted by atomic mass is 14.9. The van der Waals surface area contributed by atoms with E-state index >= 15 is 0 Å². The minimum atomic E-state index is 0. The summed E-state index contributed by atoms with van der Waals surface area (Å²) in [6.07, 6.45) is 8.00. The van der Waals surface area contributed by atoms with Crippen LogP contribution < -0.4 is 0 Å². The highest BCUT2D eigenvalue weighted by Crippen LogP contribution is 2.08. The second kappa shape index (κ2) is 19.6. The lowest BCUT2D eigenvalue weighted by molar-refractivity contribution is 0.469. The fraction of sp³-hybridized carbons (Fsp3) is 0.579. The molecule has 0 atom stereocenters. The predicted octanol–water partition coefficient (Wildman–Crippen LogP) is 5.77. The highest BCUT2D eigenvalue weighted by Gasteiger charge is 1.95. The summed E-state index contributed by atoms with van der Waals surface area (Å²) in [6, 6.07) is 8.00. The molecular weight excluding hydrogens is 267 g/mol. The van der Waals surface area contributed by atoms with Crippen LogP contribution in [-0.2, 0) is 14.1 Å². The minimum Gasteiger partial charge on any atom is -0.357 e. The van der Waals surface area contributed by atoms with Crippen LogP contribution in [-0.4, -0.2) is 17.5 Å². The SMILES string of the molecule is CC.CC.CC(C)(C)C.Cn1cccc1.Cn1cccc1.[B]. The van der Waals surface area contributed by atoms with E-state index in [1.54, 1.807) is 0 Å². The van der Waals surface area contributed by atoms with Crippen molar-refractivity contribution in [2.45, 2.75) is 55.4 Å². The molecule has 0 unspecified atom stereocenters. The van der Waals surface area contributed by atoms with Crippen LogP contribution in [0.4, 0.5) is 0 Å². The van der Waals surface area contributed by atoms with Crippen LogP contribution in [0.1, 0.15) is 55.4 Å². The summed E-state index contributed by atoms with van der Waals surface area (Å²) in [5.74, 6) is 0. The lowest BCUT2D eigenvalue weighted by atomic mass is 10.0. The third-order valence-electron chi connectivity index (χ3n) is 1.51. The summed E-state index contributed by atoms with van der Waals surface area (Å²) in [5, 5.41) is 0. The highest BCUT2D eigenvalue weighted by molar-refractivity contribution is 5.75. The zero-order valence-corrected chi connectivity index (χ0v) is 16.6. The molecule has 2 rings (SSSR count). The van der Waals surface area contributed by atoms with Crippen LogP contribution in [0.2, 0.25) is 0 Å². The Morgan fingerprint density at radius 2 is 0.682 bits per heavy atom. The van der Waals surface area contributed by atoms with Crippen molar-refractivity contribution in [3.05, 3.63) is 49.1 Å². The molecule has 0 aromatic carbocycles. The molecule has 0 aliphatic heterocycles. The summed E-state index contributed by atoms with van der Waals surface area (Å²) in [4.78, 5) is 0. The van der Waals surface area contributed by atoms with Gasteiger partial charge in [-0.1, -0.05) is 55.4 Å². The first-order valence-corrected chi connectivity index (χ1v) is 7.93. The Bertz CT molecular complexity index is 318. The second-order valence-corrected chi connectivity index (χ2v) is 5.70. The van der Waals surface area contributed by atoms with Crippen LogP contribution in [0.15, 0.2) is 49.1 Å². The summed E-state index contributed by atoms with van der Waals surface area (Å²) in [7, 11) is 4.00. The van der Waals surface area contributed by atoms with Crippen molar-refractivity contribution in [3.63, 3.8) is 0 Å². The molecule has 2 aromatic rings. The minimum absolute atomic E-state index is 0. The zero-order valence-electron chi connectivity index (χ0n) is 16.6. The van der Waals surface area contributed by atoms with Gasteiger partial charge in [0.25, 0.3) is 0 Å². The van der Waals surface area contributed by atoms with E-state index < -0.39 is 0 Å². The smallest absolute Gasteiger partial charge is 0.0106 e. The maximum absolute atomic E-state index is 2.19. The number of rotatable bonds is 0. The van der Waals surface area contributed by atoms with Crippen LogP contribution in [0.3, 0.4) is 0 Å². The van der Waals surface area contributed by atoms with Gasteiger partial charge < -0.3 is 9.13 Å². The number of hydrogen-bond donors (Lipinski definition) is 0. The maximum atomic E-state index is 2.19. The quantitative estimate of drug-likeness (QED) is 0.546. The normalized spacial score (nSPS) is 8.09. The molecule has 0 N–H and O–H groups in total. The molecule has 0 bridgehead atoms. The van der Waals surface area contributed by atoms with Gasteiger partial charge in [-0.15, -0.1) is 0 Å². The van der Waals surface area contributed by atoms with Crippen molar-refractivity contribution in [2.75, 3.05) is 0 Å². The summed E-state index contributed by atoms with van der Waals surface area (Å²) in [5.41, 5.74) is 0.500. The van der Waals surface area contributed by atoms with E-state index in [4.69, 9.17) is 0 Å². The number of aryl methyl sites for hydroxylation is 2. The van der Waals surface area contributed by atoms with Crippen molar-refractivity contribution in [1.82, 2.24) is 9.13 Å². The number of nitrogens with zero attached hydrogens (tertiary/aromatic N) is 2. The van der Waals surface area contributed by atoms with Crippen molar-refractivity contribution < 1.29 is 0 Å². The summed E-state index contributed by atoms with van der Waals surface area (Å²) >= 11 is 0. The molecule has 0 amide bonds. The van der Waals surface area contributed by atoms with Gasteiger partial charge in [0.1, 0.15) is 0 Å². The maximum Gasteiger partial charge on any atom is 0.0106 e. The van der Waals surface area contributed by atoms with Crippen LogP contribution in [0.5, 0.6) is 0 Å². The number of hydrogen-bond acceptors (Lipinski definition) is 0. The molecule has 22 heavy (non-hydrogen) atoms. The first kappa shape index (κ1) is 28.7. The standard InChI is InChI=1S/2C5H7N.C5H12.2C2H6.B/c2*1-6-4-2-3-5-6;1-5(2,3)4;2*1-2;/h2*2-5H,1H3;1-4H3;2*1-2H3;. The van der Waals surface area contributed by atoms with E-state index in [1.807, 2.05) is 100.0 Å². The molecule has 2 nitrogen and oxygen atoms in total. The Morgan fingerprint density at radius 1 is 0.545 bits per heavy atom. The van der Waals surface area contributed by atoms with Crippen molar-refractivity contribution in [2.24, 2.45) is 19.5 Å². The van der Waals surface area contributed by atoms with Gasteiger partial charge in [-0.05, 0) is 29.7 Å². The van der Waals surface area contributed by atoms with E-state index in [2.05, 4.69) is 27.7 Å². The van der Waals surface area contributed by atoms with Crippen molar-refractivity contribution in [3.8, 4) is 0 Å². The fourth-order valence-electron chi connectivity index (χ4n) is 0.841. The molecule has 0 fully saturated rings. The summed E-state index contributed by atoms with van der Waals surface area (Å²) < 4.78 is 4.00. The van der Waals surface area contributed by atoms with E-state index in [9.17, 15) is 0 Å². The Hall–Kier alpha value is -1.38. The molecular formula is C19H38BN2. The van der Waals surface area contributed by atoms with E-state index in [-0.39, 0.29) is 8.41 Å². The molecule has 127 valence electrons. The predicted molar refractivity (Wildman–Crippen MR) is 104 cm³/mol. The van der Waals surface area contributed by atoms with E-state index in [1.165, 1.54) is 0 Å². The first-order valence-electron chi connectivity index (χ1n) is 7.93. The van der Waals surface area contributed by atoms with Gasteiger partial charge in [0, 0.05) is 47.3 Å². The van der Waals surface area contributed by atoms with E-state index in [0.29, 0.717) is 5.41 Å². The van der Waals surface area contributed by atoms with Gasteiger partial charge in [0.05, 0.1) is 0 Å². The molecule has 2 aromatic heterocycles. The molecule has 0 aliphatic rings. The third-order valence-corrected chi connectivity index (χ3v) is 1.51. The topological polar surface area (TPSA) is 9.86 Å². The Morgan fingerprint density at radius 3 is 0.727 bits per heavy atom. The lowest BCUT2D eigenvalue weighted by Gasteiger charge is -2.05. The van der Waals surface area contributed by atoms with Crippen LogP contribution >= 0.6 is 0 Å².